The Morgan fingerprint density at radius 2 is 1.80 bits per heavy atom. The van der Waals surface area contributed by atoms with Crippen LogP contribution in [0.5, 0.6) is 0 Å². The van der Waals surface area contributed by atoms with Crippen molar-refractivity contribution in [3.63, 3.8) is 0 Å². The fourth-order valence-electron chi connectivity index (χ4n) is 2.25. The molecule has 0 amide bonds. The number of hydrogen-bond acceptors (Lipinski definition) is 3. The van der Waals surface area contributed by atoms with Gasteiger partial charge >= 0.3 is 0 Å². The zero-order valence-electron chi connectivity index (χ0n) is 11.1. The minimum atomic E-state index is 0.234. The summed E-state index contributed by atoms with van der Waals surface area (Å²) < 4.78 is 2.48. The van der Waals surface area contributed by atoms with Gasteiger partial charge in [0.05, 0.1) is 0 Å². The van der Waals surface area contributed by atoms with Crippen molar-refractivity contribution in [3.8, 4) is 0 Å². The summed E-state index contributed by atoms with van der Waals surface area (Å²) in [6.07, 6.45) is 2.60. The standard InChI is InChI=1S/C12H26N2S/c1-7-9-11-10(3)15-14(12(4,5)6)13(11)8-2/h10-11H,7-9H2,1-6H3. The quantitative estimate of drug-likeness (QED) is 0.685. The highest BCUT2D eigenvalue weighted by Gasteiger charge is 2.41. The summed E-state index contributed by atoms with van der Waals surface area (Å²) in [6.45, 7) is 14.9. The van der Waals surface area contributed by atoms with Crippen molar-refractivity contribution in [2.24, 2.45) is 0 Å². The molecule has 1 rings (SSSR count). The minimum absolute atomic E-state index is 0.234. The van der Waals surface area contributed by atoms with E-state index in [0.29, 0.717) is 0 Å². The molecule has 1 aliphatic rings. The largest absolute Gasteiger partial charge is 0.228 e. The molecule has 1 fully saturated rings. The molecule has 0 N–H and O–H groups in total. The van der Waals surface area contributed by atoms with Crippen molar-refractivity contribution in [1.29, 1.82) is 0 Å². The van der Waals surface area contributed by atoms with Crippen molar-refractivity contribution >= 4 is 11.9 Å². The Kier molecular flexibility index (Phi) is 4.50. The van der Waals surface area contributed by atoms with Gasteiger partial charge in [-0.05, 0) is 27.2 Å². The molecule has 0 radical (unpaired) electrons. The summed E-state index contributed by atoms with van der Waals surface area (Å²) >= 11 is 2.01. The molecule has 0 aliphatic carbocycles. The van der Waals surface area contributed by atoms with E-state index in [2.05, 4.69) is 51.0 Å². The molecular formula is C12H26N2S. The van der Waals surface area contributed by atoms with Crippen LogP contribution in [0.25, 0.3) is 0 Å². The van der Waals surface area contributed by atoms with Crippen LogP contribution in [0, 0.1) is 0 Å². The van der Waals surface area contributed by atoms with Crippen LogP contribution in [0.15, 0.2) is 0 Å². The first-order valence-electron chi connectivity index (χ1n) is 6.15. The average Bonchev–Trinajstić information content (AvgIpc) is 2.44. The maximum absolute atomic E-state index is 2.55. The first-order chi connectivity index (χ1) is 6.91. The monoisotopic (exact) mass is 230 g/mol. The third-order valence-electron chi connectivity index (χ3n) is 2.91. The summed E-state index contributed by atoms with van der Waals surface area (Å²) in [5, 5.41) is 3.28. The summed E-state index contributed by atoms with van der Waals surface area (Å²) in [7, 11) is 0. The number of nitrogens with zero attached hydrogens (tertiary/aromatic N) is 2. The predicted molar refractivity (Wildman–Crippen MR) is 69.7 cm³/mol. The van der Waals surface area contributed by atoms with Crippen LogP contribution in [0.4, 0.5) is 0 Å². The topological polar surface area (TPSA) is 6.48 Å². The van der Waals surface area contributed by atoms with E-state index < -0.39 is 0 Å². The Morgan fingerprint density at radius 3 is 2.20 bits per heavy atom. The van der Waals surface area contributed by atoms with Gasteiger partial charge in [-0.2, -0.15) is 4.41 Å². The van der Waals surface area contributed by atoms with Crippen LogP contribution < -0.4 is 0 Å². The summed E-state index contributed by atoms with van der Waals surface area (Å²) in [6, 6.07) is 0.726. The van der Waals surface area contributed by atoms with Crippen molar-refractivity contribution in [2.45, 2.75) is 71.2 Å². The van der Waals surface area contributed by atoms with Gasteiger partial charge in [0.15, 0.2) is 0 Å². The van der Waals surface area contributed by atoms with Crippen LogP contribution in [0.1, 0.15) is 54.4 Å². The van der Waals surface area contributed by atoms with Crippen molar-refractivity contribution < 1.29 is 0 Å². The molecule has 2 unspecified atom stereocenters. The highest BCUT2D eigenvalue weighted by atomic mass is 32.2. The van der Waals surface area contributed by atoms with Gasteiger partial charge < -0.3 is 0 Å². The predicted octanol–water partition coefficient (Wildman–Crippen LogP) is 3.54. The van der Waals surface area contributed by atoms with Crippen LogP contribution in [0.3, 0.4) is 0 Å². The van der Waals surface area contributed by atoms with Crippen LogP contribution in [-0.4, -0.2) is 32.8 Å². The molecule has 0 spiro atoms. The Bertz CT molecular complexity index is 200. The van der Waals surface area contributed by atoms with E-state index in [9.17, 15) is 0 Å². The minimum Gasteiger partial charge on any atom is -0.228 e. The second-order valence-electron chi connectivity index (χ2n) is 5.37. The molecule has 90 valence electrons. The zero-order chi connectivity index (χ0) is 11.6. The fraction of sp³-hybridized carbons (Fsp3) is 1.00. The average molecular weight is 230 g/mol. The molecule has 1 heterocycles. The number of rotatable bonds is 3. The van der Waals surface area contributed by atoms with Gasteiger partial charge in [-0.3, -0.25) is 0 Å². The molecule has 0 aromatic carbocycles. The molecule has 0 aromatic rings. The molecular weight excluding hydrogens is 204 g/mol. The van der Waals surface area contributed by atoms with Crippen LogP contribution >= 0.6 is 11.9 Å². The highest BCUT2D eigenvalue weighted by molar-refractivity contribution is 7.97. The van der Waals surface area contributed by atoms with Gasteiger partial charge in [-0.1, -0.05) is 39.1 Å². The van der Waals surface area contributed by atoms with E-state index in [-0.39, 0.29) is 5.54 Å². The zero-order valence-corrected chi connectivity index (χ0v) is 11.9. The molecule has 0 bridgehead atoms. The molecule has 0 aromatic heterocycles. The molecule has 0 saturated carbocycles. The molecule has 2 nitrogen and oxygen atoms in total. The van der Waals surface area contributed by atoms with Crippen molar-refractivity contribution in [3.05, 3.63) is 0 Å². The highest BCUT2D eigenvalue weighted by Crippen LogP contribution is 2.40. The number of hydrogen-bond donors (Lipinski definition) is 0. The lowest BCUT2D eigenvalue weighted by Gasteiger charge is -2.38. The maximum atomic E-state index is 2.55. The molecule has 1 saturated heterocycles. The fourth-order valence-corrected chi connectivity index (χ4v) is 3.66. The van der Waals surface area contributed by atoms with Gasteiger partial charge in [0.2, 0.25) is 0 Å². The number of hydrazine groups is 1. The smallest absolute Gasteiger partial charge is 0.0385 e. The van der Waals surface area contributed by atoms with Crippen LogP contribution in [0.2, 0.25) is 0 Å². The lowest BCUT2D eigenvalue weighted by molar-refractivity contribution is -0.0124. The van der Waals surface area contributed by atoms with E-state index >= 15 is 0 Å². The van der Waals surface area contributed by atoms with Gasteiger partial charge in [0.1, 0.15) is 0 Å². The van der Waals surface area contributed by atoms with E-state index in [1.807, 2.05) is 11.9 Å². The van der Waals surface area contributed by atoms with Gasteiger partial charge in [0, 0.05) is 23.4 Å². The molecule has 2 atom stereocenters. The van der Waals surface area contributed by atoms with Crippen LogP contribution in [-0.2, 0) is 0 Å². The normalized spacial score (nSPS) is 30.0. The van der Waals surface area contributed by atoms with E-state index in [0.717, 1.165) is 17.8 Å². The first-order valence-corrected chi connectivity index (χ1v) is 6.99. The summed E-state index contributed by atoms with van der Waals surface area (Å²) in [5.74, 6) is 0. The Hall–Kier alpha value is 0.270. The van der Waals surface area contributed by atoms with Gasteiger partial charge in [-0.25, -0.2) is 5.01 Å². The first kappa shape index (κ1) is 13.3. The lowest BCUT2D eigenvalue weighted by Crippen LogP contribution is -2.48. The Balaban J connectivity index is 2.77. The third kappa shape index (κ3) is 2.89. The third-order valence-corrected chi connectivity index (χ3v) is 4.51. The second-order valence-corrected chi connectivity index (χ2v) is 6.67. The summed E-state index contributed by atoms with van der Waals surface area (Å²) in [5.41, 5.74) is 0.234. The van der Waals surface area contributed by atoms with E-state index in [1.165, 1.54) is 12.8 Å². The maximum Gasteiger partial charge on any atom is 0.0385 e. The van der Waals surface area contributed by atoms with Gasteiger partial charge in [0.25, 0.3) is 0 Å². The van der Waals surface area contributed by atoms with E-state index in [1.54, 1.807) is 0 Å². The second kappa shape index (κ2) is 5.07. The van der Waals surface area contributed by atoms with Crippen molar-refractivity contribution in [2.75, 3.05) is 6.54 Å². The molecule has 15 heavy (non-hydrogen) atoms. The summed E-state index contributed by atoms with van der Waals surface area (Å²) in [4.78, 5) is 0. The van der Waals surface area contributed by atoms with Gasteiger partial charge in [-0.15, -0.1) is 0 Å². The Morgan fingerprint density at radius 1 is 1.20 bits per heavy atom. The van der Waals surface area contributed by atoms with Crippen molar-refractivity contribution in [1.82, 2.24) is 9.42 Å². The molecule has 3 heteroatoms. The lowest BCUT2D eigenvalue weighted by atomic mass is 10.1. The molecule has 1 aliphatic heterocycles. The Labute approximate surface area is 99.5 Å². The van der Waals surface area contributed by atoms with E-state index in [4.69, 9.17) is 0 Å². The SMILES string of the molecule is CCCC1C(C)SN(C(C)(C)C)N1CC.